The van der Waals surface area contributed by atoms with Gasteiger partial charge in [0.05, 0.1) is 26.5 Å². The molecule has 4 nitrogen and oxygen atoms in total. The summed E-state index contributed by atoms with van der Waals surface area (Å²) in [7, 11) is 0. The number of anilines is 1. The van der Waals surface area contributed by atoms with Crippen molar-refractivity contribution in [3.05, 3.63) is 58.1 Å². The third-order valence-electron chi connectivity index (χ3n) is 6.94. The van der Waals surface area contributed by atoms with Gasteiger partial charge >= 0.3 is 0 Å². The highest BCUT2D eigenvalue weighted by Gasteiger charge is 2.31. The molecule has 31 heavy (non-hydrogen) atoms. The standard InChI is InChI=1S/C26H30N2O2S/c1-16-8-10-18(11-9-16)24-27-21-14-20(26(2,3)30)22(15-23(21)31-24)28-13-12-17-6-4-5-7-19(17)25(28)29/h4-7,14-16,18,30H,8-13H2,1-3H3/t16-,18-. The molecule has 1 aromatic heterocycles. The van der Waals surface area contributed by atoms with E-state index < -0.39 is 5.60 Å². The molecule has 1 N–H and O–H groups in total. The molecule has 0 saturated heterocycles. The van der Waals surface area contributed by atoms with Crippen LogP contribution < -0.4 is 4.90 Å². The Morgan fingerprint density at radius 3 is 2.61 bits per heavy atom. The number of rotatable bonds is 3. The SMILES string of the molecule is CC(C)(O)c1cc2nc([C@H]3CC[C@H](C)CC3)sc2cc1N1CCc2ccccc2C1=O. The lowest BCUT2D eigenvalue weighted by atomic mass is 9.83. The zero-order valence-electron chi connectivity index (χ0n) is 18.5. The number of thiazole rings is 1. The highest BCUT2D eigenvalue weighted by Crippen LogP contribution is 2.42. The number of carbonyl (C=O) groups excluding carboxylic acids is 1. The van der Waals surface area contributed by atoms with Crippen molar-refractivity contribution in [1.29, 1.82) is 0 Å². The summed E-state index contributed by atoms with van der Waals surface area (Å²) in [6, 6.07) is 11.9. The van der Waals surface area contributed by atoms with E-state index in [4.69, 9.17) is 4.98 Å². The first-order chi connectivity index (χ1) is 14.8. The molecule has 1 saturated carbocycles. The lowest BCUT2D eigenvalue weighted by molar-refractivity contribution is 0.0789. The second-order valence-electron chi connectivity index (χ2n) is 9.77. The van der Waals surface area contributed by atoms with E-state index in [1.54, 1.807) is 25.2 Å². The van der Waals surface area contributed by atoms with Crippen LogP contribution >= 0.6 is 11.3 Å². The summed E-state index contributed by atoms with van der Waals surface area (Å²) >= 11 is 1.76. The van der Waals surface area contributed by atoms with Crippen molar-refractivity contribution in [3.8, 4) is 0 Å². The van der Waals surface area contributed by atoms with Crippen LogP contribution in [0.5, 0.6) is 0 Å². The first-order valence-electron chi connectivity index (χ1n) is 11.4. The zero-order chi connectivity index (χ0) is 21.8. The Morgan fingerprint density at radius 2 is 1.87 bits per heavy atom. The molecule has 3 aromatic rings. The third-order valence-corrected chi connectivity index (χ3v) is 8.12. The second-order valence-corrected chi connectivity index (χ2v) is 10.8. The van der Waals surface area contributed by atoms with Crippen LogP contribution in [0.3, 0.4) is 0 Å². The van der Waals surface area contributed by atoms with Gasteiger partial charge in [0.1, 0.15) is 0 Å². The minimum atomic E-state index is -1.06. The number of carbonyl (C=O) groups is 1. The third kappa shape index (κ3) is 3.79. The predicted molar refractivity (Wildman–Crippen MR) is 127 cm³/mol. The zero-order valence-corrected chi connectivity index (χ0v) is 19.3. The van der Waals surface area contributed by atoms with Crippen molar-refractivity contribution in [3.63, 3.8) is 0 Å². The molecule has 2 aliphatic rings. The van der Waals surface area contributed by atoms with Gasteiger partial charge in [-0.3, -0.25) is 4.79 Å². The van der Waals surface area contributed by atoms with E-state index in [9.17, 15) is 9.90 Å². The van der Waals surface area contributed by atoms with Crippen molar-refractivity contribution in [2.45, 2.75) is 64.4 Å². The number of benzene rings is 2. The smallest absolute Gasteiger partial charge is 0.258 e. The molecular formula is C26H30N2O2S. The van der Waals surface area contributed by atoms with E-state index in [1.807, 2.05) is 35.2 Å². The Kier molecular flexibility index (Phi) is 5.14. The normalized spacial score (nSPS) is 22.1. The average molecular weight is 435 g/mol. The summed E-state index contributed by atoms with van der Waals surface area (Å²) < 4.78 is 1.10. The van der Waals surface area contributed by atoms with Crippen molar-refractivity contribution in [2.24, 2.45) is 5.92 Å². The number of aromatic nitrogens is 1. The van der Waals surface area contributed by atoms with E-state index in [1.165, 1.54) is 30.7 Å². The van der Waals surface area contributed by atoms with E-state index in [0.717, 1.165) is 44.9 Å². The van der Waals surface area contributed by atoms with Gasteiger partial charge in [-0.05, 0) is 62.8 Å². The molecule has 5 rings (SSSR count). The minimum Gasteiger partial charge on any atom is -0.386 e. The van der Waals surface area contributed by atoms with Crippen LogP contribution in [0.25, 0.3) is 10.2 Å². The van der Waals surface area contributed by atoms with Gasteiger partial charge in [0.2, 0.25) is 0 Å². The van der Waals surface area contributed by atoms with Crippen LogP contribution in [0.15, 0.2) is 36.4 Å². The molecule has 1 amide bonds. The Labute approximate surface area is 187 Å². The van der Waals surface area contributed by atoms with Gasteiger partial charge in [0, 0.05) is 23.6 Å². The summed E-state index contributed by atoms with van der Waals surface area (Å²) in [4.78, 5) is 20.2. The maximum Gasteiger partial charge on any atom is 0.258 e. The van der Waals surface area contributed by atoms with Gasteiger partial charge < -0.3 is 10.0 Å². The molecule has 0 bridgehead atoms. The minimum absolute atomic E-state index is 0.0118. The Morgan fingerprint density at radius 1 is 1.13 bits per heavy atom. The summed E-state index contributed by atoms with van der Waals surface area (Å²) in [5, 5.41) is 12.2. The average Bonchev–Trinajstić information content (AvgIpc) is 3.16. The molecule has 2 aromatic carbocycles. The Balaban J connectivity index is 1.58. The highest BCUT2D eigenvalue weighted by atomic mass is 32.1. The first kappa shape index (κ1) is 20.7. The highest BCUT2D eigenvalue weighted by molar-refractivity contribution is 7.18. The van der Waals surface area contributed by atoms with Crippen LogP contribution in [0.4, 0.5) is 5.69 Å². The van der Waals surface area contributed by atoms with Gasteiger partial charge in [-0.25, -0.2) is 4.98 Å². The van der Waals surface area contributed by atoms with Gasteiger partial charge in [0.25, 0.3) is 5.91 Å². The van der Waals surface area contributed by atoms with Crippen molar-refractivity contribution in [1.82, 2.24) is 4.98 Å². The lowest BCUT2D eigenvalue weighted by Gasteiger charge is -2.33. The molecule has 0 atom stereocenters. The van der Waals surface area contributed by atoms with Crippen LogP contribution in [0.1, 0.15) is 78.9 Å². The summed E-state index contributed by atoms with van der Waals surface area (Å²) in [5.41, 5.74) is 3.31. The lowest BCUT2D eigenvalue weighted by Crippen LogP contribution is -2.39. The van der Waals surface area contributed by atoms with Gasteiger partial charge in [0.15, 0.2) is 0 Å². The van der Waals surface area contributed by atoms with Crippen molar-refractivity contribution < 1.29 is 9.90 Å². The molecule has 0 unspecified atom stereocenters. The molecule has 0 radical (unpaired) electrons. The topological polar surface area (TPSA) is 53.4 Å². The number of fused-ring (bicyclic) bond motifs is 2. The summed E-state index contributed by atoms with van der Waals surface area (Å²) in [6.07, 6.45) is 5.76. The van der Waals surface area contributed by atoms with E-state index in [2.05, 4.69) is 13.0 Å². The molecule has 5 heteroatoms. The molecule has 1 fully saturated rings. The van der Waals surface area contributed by atoms with Gasteiger partial charge in [-0.15, -0.1) is 11.3 Å². The monoisotopic (exact) mass is 434 g/mol. The fourth-order valence-electron chi connectivity index (χ4n) is 5.03. The quantitative estimate of drug-likeness (QED) is 0.548. The number of amides is 1. The molecule has 1 aliphatic heterocycles. The van der Waals surface area contributed by atoms with Crippen molar-refractivity contribution in [2.75, 3.05) is 11.4 Å². The van der Waals surface area contributed by atoms with Crippen LogP contribution in [-0.4, -0.2) is 22.5 Å². The maximum absolute atomic E-state index is 13.3. The molecule has 162 valence electrons. The van der Waals surface area contributed by atoms with E-state index >= 15 is 0 Å². The predicted octanol–water partition coefficient (Wildman–Crippen LogP) is 6.02. The fraction of sp³-hybridized carbons (Fsp3) is 0.462. The summed E-state index contributed by atoms with van der Waals surface area (Å²) in [5.74, 6) is 1.36. The number of hydrogen-bond donors (Lipinski definition) is 1. The van der Waals surface area contributed by atoms with Gasteiger partial charge in [-0.2, -0.15) is 0 Å². The molecule has 2 heterocycles. The Hall–Kier alpha value is -2.24. The largest absolute Gasteiger partial charge is 0.386 e. The van der Waals surface area contributed by atoms with Gasteiger partial charge in [-0.1, -0.05) is 38.0 Å². The van der Waals surface area contributed by atoms with Crippen LogP contribution in [-0.2, 0) is 12.0 Å². The van der Waals surface area contributed by atoms with E-state index in [-0.39, 0.29) is 5.91 Å². The fourth-order valence-corrected chi connectivity index (χ4v) is 6.18. The number of hydrogen-bond acceptors (Lipinski definition) is 4. The second kappa shape index (κ2) is 7.72. The van der Waals surface area contributed by atoms with Crippen LogP contribution in [0.2, 0.25) is 0 Å². The van der Waals surface area contributed by atoms with Crippen LogP contribution in [0, 0.1) is 5.92 Å². The number of nitrogens with zero attached hydrogens (tertiary/aromatic N) is 2. The van der Waals surface area contributed by atoms with E-state index in [0.29, 0.717) is 12.5 Å². The van der Waals surface area contributed by atoms with Crippen molar-refractivity contribution >= 4 is 33.1 Å². The first-order valence-corrected chi connectivity index (χ1v) is 12.2. The maximum atomic E-state index is 13.3. The number of aliphatic hydroxyl groups is 1. The molecule has 0 spiro atoms. The summed E-state index contributed by atoms with van der Waals surface area (Å²) in [6.45, 7) is 6.53. The molecular weight excluding hydrogens is 404 g/mol. The molecule has 1 aliphatic carbocycles. The Bertz CT molecular complexity index is 1140.